The summed E-state index contributed by atoms with van der Waals surface area (Å²) in [6.07, 6.45) is 5.80. The average molecular weight is 1350 g/mol. The van der Waals surface area contributed by atoms with E-state index in [1.165, 1.54) is 16.7 Å². The Morgan fingerprint density at radius 1 is 0.264 bits per heavy atom. The Morgan fingerprint density at radius 3 is 1.04 bits per heavy atom. The molecule has 4 heteroatoms. The molecule has 0 unspecified atom stereocenters. The van der Waals surface area contributed by atoms with Crippen LogP contribution < -0.4 is 0 Å². The molecule has 13 rings (SSSR count). The molecule has 0 atom stereocenters. The first-order valence-electron chi connectivity index (χ1n) is 31.2. The van der Waals surface area contributed by atoms with Gasteiger partial charge in [-0.2, -0.15) is 0 Å². The predicted molar refractivity (Wildman–Crippen MR) is 378 cm³/mol. The second-order valence-electron chi connectivity index (χ2n) is 26.5. The van der Waals surface area contributed by atoms with Crippen molar-refractivity contribution in [3.63, 3.8) is 0 Å². The summed E-state index contributed by atoms with van der Waals surface area (Å²) in [5.41, 5.74) is 28.3. The Morgan fingerprint density at radius 2 is 0.615 bits per heavy atom. The third kappa shape index (κ3) is 12.9. The van der Waals surface area contributed by atoms with E-state index in [-0.39, 0.29) is 36.4 Å². The van der Waals surface area contributed by atoms with E-state index in [9.17, 15) is 0 Å². The van der Waals surface area contributed by atoms with Crippen molar-refractivity contribution in [1.82, 2.24) is 15.0 Å². The van der Waals surface area contributed by atoms with Gasteiger partial charge < -0.3 is 9.97 Å². The molecule has 0 bridgehead atoms. The molecule has 0 N–H and O–H groups in total. The van der Waals surface area contributed by atoms with Gasteiger partial charge in [-0.1, -0.05) is 330 Å². The van der Waals surface area contributed by atoms with Gasteiger partial charge in [0.15, 0.2) is 0 Å². The van der Waals surface area contributed by atoms with Gasteiger partial charge in [-0.15, -0.1) is 65.2 Å². The Kier molecular flexibility index (Phi) is 17.3. The summed E-state index contributed by atoms with van der Waals surface area (Å²) < 4.78 is 0. The number of aromatic nitrogens is 3. The van der Waals surface area contributed by atoms with Crippen LogP contribution in [-0.4, -0.2) is 15.0 Å². The second-order valence-corrected chi connectivity index (χ2v) is 26.5. The molecule has 13 aromatic rings. The Labute approximate surface area is 552 Å². The molecule has 0 saturated carbocycles. The summed E-state index contributed by atoms with van der Waals surface area (Å²) in [7, 11) is 0. The Hall–Kier alpha value is -9.70. The third-order valence-corrected chi connectivity index (χ3v) is 17.3. The fraction of sp³-hybridized carbons (Fsp3) is 0.138. The van der Waals surface area contributed by atoms with Crippen molar-refractivity contribution in [3.8, 4) is 134 Å². The maximum Gasteiger partial charge on any atom is 3.00 e. The van der Waals surface area contributed by atoms with Crippen molar-refractivity contribution < 1.29 is 20.1 Å². The molecule has 444 valence electrons. The summed E-state index contributed by atoms with van der Waals surface area (Å²) in [4.78, 5) is 15.0. The SMILES string of the molecule is CC(C)(C)c1ccnc(-c2[c-]cc(-c3ccccc3-c3ccc(-c4[c-]c(-c5cc(C(C)(C)C)ccn5)cc(-c5ccccc5)c4-c4ccccc4)c(-c4ccccc4-c4c[c-]c(-c5cc(C(C)(C)C)ccn5)cc4-c4ccccc4)c3)c(-c3ccccc3)c2)c1.[Ir+3]. The molecule has 0 fully saturated rings. The van der Waals surface area contributed by atoms with Gasteiger partial charge in [-0.05, 0) is 101 Å². The van der Waals surface area contributed by atoms with Crippen molar-refractivity contribution in [2.75, 3.05) is 0 Å². The molecule has 0 aliphatic rings. The summed E-state index contributed by atoms with van der Waals surface area (Å²) in [6.45, 7) is 20.3. The summed E-state index contributed by atoms with van der Waals surface area (Å²) in [5, 5.41) is 0. The standard InChI is InChI=1S/C87H72N3.Ir/c1-85(2,3)66-44-47-88-81(55-66)63-39-42-73(76(51-63)58-26-14-10-15-27-58)70-35-23-22-34-69(70)62-38-41-75(80-54-65(83-57-68(46-49-90-83)87(7,8)9)53-78(60-30-18-12-19-31-60)84(80)61-32-20-13-21-33-61)79(50-62)72-37-25-24-36-71(72)74-43-40-64(52-77(74)59-28-16-11-17-29-59)82-56-67(45-48-89-82)86(4,5)6;/h10-38,41-53,55-57H,1-9H3;/q-3;+3. The van der Waals surface area contributed by atoms with E-state index in [0.29, 0.717) is 0 Å². The molecule has 0 aliphatic carbocycles. The van der Waals surface area contributed by atoms with Crippen LogP contribution >= 0.6 is 0 Å². The van der Waals surface area contributed by atoms with Crippen LogP contribution in [0.25, 0.3) is 134 Å². The second kappa shape index (κ2) is 25.7. The topological polar surface area (TPSA) is 38.7 Å². The van der Waals surface area contributed by atoms with Crippen molar-refractivity contribution >= 4 is 0 Å². The van der Waals surface area contributed by atoms with Gasteiger partial charge in [0, 0.05) is 24.3 Å². The molecule has 0 spiro atoms. The van der Waals surface area contributed by atoms with Gasteiger partial charge in [-0.25, -0.2) is 0 Å². The third-order valence-electron chi connectivity index (χ3n) is 17.3. The number of benzene rings is 10. The van der Waals surface area contributed by atoms with E-state index in [1.54, 1.807) is 0 Å². The fourth-order valence-electron chi connectivity index (χ4n) is 12.3. The Balaban J connectivity index is 0.00000800. The van der Waals surface area contributed by atoms with Crippen LogP contribution in [0.1, 0.15) is 79.0 Å². The number of hydrogen-bond donors (Lipinski definition) is 0. The van der Waals surface area contributed by atoms with Crippen molar-refractivity contribution in [3.05, 3.63) is 308 Å². The fourth-order valence-corrected chi connectivity index (χ4v) is 12.3. The summed E-state index contributed by atoms with van der Waals surface area (Å²) >= 11 is 0. The van der Waals surface area contributed by atoms with E-state index in [0.717, 1.165) is 134 Å². The zero-order valence-corrected chi connectivity index (χ0v) is 55.6. The van der Waals surface area contributed by atoms with Gasteiger partial charge in [0.05, 0.1) is 0 Å². The molecule has 0 saturated heterocycles. The minimum absolute atomic E-state index is 0. The normalized spacial score (nSPS) is 11.7. The first kappa shape index (κ1) is 61.5. The zero-order valence-electron chi connectivity index (χ0n) is 53.2. The molecule has 0 aliphatic heterocycles. The van der Waals surface area contributed by atoms with Crippen LogP contribution in [0, 0.1) is 18.2 Å². The molecule has 3 heterocycles. The molecule has 0 amide bonds. The molecule has 3 aromatic heterocycles. The maximum absolute atomic E-state index is 5.13. The van der Waals surface area contributed by atoms with E-state index in [4.69, 9.17) is 15.0 Å². The van der Waals surface area contributed by atoms with Crippen LogP contribution in [0.5, 0.6) is 0 Å². The van der Waals surface area contributed by atoms with Crippen molar-refractivity contribution in [1.29, 1.82) is 0 Å². The van der Waals surface area contributed by atoms with Crippen LogP contribution in [0.15, 0.2) is 273 Å². The van der Waals surface area contributed by atoms with Crippen LogP contribution in [-0.2, 0) is 36.4 Å². The van der Waals surface area contributed by atoms with Gasteiger partial charge in [0.2, 0.25) is 0 Å². The first-order chi connectivity index (χ1) is 43.5. The van der Waals surface area contributed by atoms with Gasteiger partial charge in [0.25, 0.3) is 0 Å². The van der Waals surface area contributed by atoms with Crippen molar-refractivity contribution in [2.24, 2.45) is 0 Å². The molecule has 91 heavy (non-hydrogen) atoms. The maximum atomic E-state index is 5.13. The molecule has 3 nitrogen and oxygen atoms in total. The van der Waals surface area contributed by atoms with Crippen LogP contribution in [0.3, 0.4) is 0 Å². The monoisotopic (exact) mass is 1350 g/mol. The minimum Gasteiger partial charge on any atom is -0.305 e. The van der Waals surface area contributed by atoms with Gasteiger partial charge in [0.1, 0.15) is 0 Å². The number of hydrogen-bond acceptors (Lipinski definition) is 3. The molecular formula is C87H72IrN3. The zero-order chi connectivity index (χ0) is 62.2. The summed E-state index contributed by atoms with van der Waals surface area (Å²) in [6, 6.07) is 104. The van der Waals surface area contributed by atoms with Crippen LogP contribution in [0.4, 0.5) is 0 Å². The average Bonchev–Trinajstić information content (AvgIpc) is 1.11. The minimum atomic E-state index is -0.103. The van der Waals surface area contributed by atoms with Crippen LogP contribution in [0.2, 0.25) is 0 Å². The summed E-state index contributed by atoms with van der Waals surface area (Å²) in [5.74, 6) is 0. The number of pyridine rings is 3. The van der Waals surface area contributed by atoms with E-state index >= 15 is 0 Å². The largest absolute Gasteiger partial charge is 3.00 e. The number of nitrogens with zero attached hydrogens (tertiary/aromatic N) is 3. The number of rotatable bonds is 12. The van der Waals surface area contributed by atoms with E-state index in [1.807, 2.05) is 18.6 Å². The smallest absolute Gasteiger partial charge is 0.305 e. The molecule has 10 aromatic carbocycles. The Bertz CT molecular complexity index is 4740. The first-order valence-corrected chi connectivity index (χ1v) is 31.2. The van der Waals surface area contributed by atoms with E-state index in [2.05, 4.69) is 335 Å². The quantitative estimate of drug-likeness (QED) is 0.114. The van der Waals surface area contributed by atoms with Gasteiger partial charge in [-0.3, -0.25) is 4.98 Å². The van der Waals surface area contributed by atoms with Crippen molar-refractivity contribution in [2.45, 2.75) is 78.6 Å². The molecule has 0 radical (unpaired) electrons. The van der Waals surface area contributed by atoms with E-state index < -0.39 is 0 Å². The predicted octanol–water partition coefficient (Wildman–Crippen LogP) is 23.2. The van der Waals surface area contributed by atoms with Gasteiger partial charge >= 0.3 is 20.1 Å². The molecular weight excluding hydrogens is 1280 g/mol.